The van der Waals surface area contributed by atoms with Crippen LogP contribution in [0.5, 0.6) is 0 Å². The average Bonchev–Trinajstić information content (AvgIpc) is 2.42. The van der Waals surface area contributed by atoms with E-state index in [1.165, 1.54) is 64.6 Å². The maximum atomic E-state index is 10.7. The van der Waals surface area contributed by atoms with E-state index in [0.29, 0.717) is 0 Å². The lowest BCUT2D eigenvalue weighted by Gasteiger charge is -2.29. The van der Waals surface area contributed by atoms with Crippen LogP contribution in [0.2, 0.25) is 0 Å². The van der Waals surface area contributed by atoms with E-state index < -0.39 is 15.6 Å². The Hall–Kier alpha value is -0.340. The first kappa shape index (κ1) is 21.7. The minimum Gasteiger partial charge on any atom is -0.741 e. The zero-order valence-electron chi connectivity index (χ0n) is 13.4. The summed E-state index contributed by atoms with van der Waals surface area (Å²) in [7, 11) is -6.09. The summed E-state index contributed by atoms with van der Waals surface area (Å²) in [6, 6.07) is 0. The van der Waals surface area contributed by atoms with Crippen molar-refractivity contribution in [1.82, 2.24) is 0 Å². The van der Waals surface area contributed by atoms with Gasteiger partial charge in [0.25, 0.3) is 0 Å². The van der Waals surface area contributed by atoms with E-state index >= 15 is 0 Å². The number of nitrogens with one attached hydrogen (secondary N) is 1. The molecule has 1 fully saturated rings. The van der Waals surface area contributed by atoms with Crippen LogP contribution in [0.4, 0.5) is 13.2 Å². The van der Waals surface area contributed by atoms with Crippen LogP contribution in [-0.4, -0.2) is 38.1 Å². The van der Waals surface area contributed by atoms with Crippen molar-refractivity contribution in [3.8, 4) is 0 Å². The molecule has 1 aliphatic heterocycles. The van der Waals surface area contributed by atoms with E-state index in [1.54, 1.807) is 0 Å². The number of hydrogen-bond donors (Lipinski definition) is 1. The van der Waals surface area contributed by atoms with Crippen molar-refractivity contribution in [3.05, 3.63) is 0 Å². The molecule has 8 heteroatoms. The highest BCUT2D eigenvalue weighted by atomic mass is 32.2. The molecule has 0 aliphatic carbocycles. The molecule has 134 valence electrons. The van der Waals surface area contributed by atoms with Crippen molar-refractivity contribution in [2.45, 2.75) is 64.3 Å². The molecule has 0 aromatic carbocycles. The molecule has 22 heavy (non-hydrogen) atoms. The molecule has 1 aliphatic rings. The van der Waals surface area contributed by atoms with Gasteiger partial charge in [-0.25, -0.2) is 8.42 Å². The SMILES string of the molecule is CCCCC1CC[NH+](CCCC)CC1.O=S(=O)([O-])C(F)(F)F. The van der Waals surface area contributed by atoms with Gasteiger partial charge in [0.1, 0.15) is 0 Å². The molecule has 1 saturated heterocycles. The molecular weight excluding hydrogens is 319 g/mol. The van der Waals surface area contributed by atoms with Gasteiger partial charge in [0.15, 0.2) is 10.1 Å². The van der Waals surface area contributed by atoms with Gasteiger partial charge in [-0.2, -0.15) is 13.2 Å². The van der Waals surface area contributed by atoms with Gasteiger partial charge in [-0.1, -0.05) is 39.5 Å². The standard InChI is InChI=1S/C13H27N.CHF3O3S/c1-3-5-7-13-8-11-14(12-9-13)10-6-4-2;2-1(3,4)8(5,6)7/h13H,3-12H2,1-2H3;(H,5,6,7). The summed E-state index contributed by atoms with van der Waals surface area (Å²) >= 11 is 0. The second kappa shape index (κ2) is 10.4. The summed E-state index contributed by atoms with van der Waals surface area (Å²) in [6.45, 7) is 8.94. The van der Waals surface area contributed by atoms with Crippen molar-refractivity contribution in [2.75, 3.05) is 19.6 Å². The van der Waals surface area contributed by atoms with Gasteiger partial charge >= 0.3 is 5.51 Å². The van der Waals surface area contributed by atoms with E-state index in [0.717, 1.165) is 5.92 Å². The van der Waals surface area contributed by atoms with Crippen molar-refractivity contribution in [1.29, 1.82) is 0 Å². The first-order valence-electron chi connectivity index (χ1n) is 7.97. The third kappa shape index (κ3) is 9.63. The average molecular weight is 347 g/mol. The summed E-state index contributed by atoms with van der Waals surface area (Å²) in [4.78, 5) is 1.87. The molecular formula is C14H28F3NO3S. The normalized spacial score (nSPS) is 22.8. The largest absolute Gasteiger partial charge is 0.741 e. The first-order chi connectivity index (χ1) is 10.1. The quantitative estimate of drug-likeness (QED) is 0.592. The Bertz CT molecular complexity index is 361. The number of rotatable bonds is 6. The molecule has 0 aromatic rings. The predicted octanol–water partition coefficient (Wildman–Crippen LogP) is 2.32. The van der Waals surface area contributed by atoms with Crippen molar-refractivity contribution < 1.29 is 31.0 Å². The summed E-state index contributed by atoms with van der Waals surface area (Å²) in [5.74, 6) is 1.07. The fourth-order valence-electron chi connectivity index (χ4n) is 2.54. The number of alkyl halides is 3. The smallest absolute Gasteiger partial charge is 0.485 e. The molecule has 0 saturated carbocycles. The zero-order chi connectivity index (χ0) is 17.2. The maximum Gasteiger partial charge on any atom is 0.485 e. The Labute approximate surface area is 131 Å². The molecule has 0 aromatic heterocycles. The second-order valence-corrected chi connectivity index (χ2v) is 7.21. The molecule has 1 rings (SSSR count). The Morgan fingerprint density at radius 2 is 1.55 bits per heavy atom. The van der Waals surface area contributed by atoms with Crippen LogP contribution in [0.3, 0.4) is 0 Å². The number of piperidine rings is 1. The fraction of sp³-hybridized carbons (Fsp3) is 1.00. The highest BCUT2D eigenvalue weighted by Gasteiger charge is 2.36. The molecule has 0 amide bonds. The monoisotopic (exact) mass is 347 g/mol. The van der Waals surface area contributed by atoms with Crippen LogP contribution in [0.15, 0.2) is 0 Å². The van der Waals surface area contributed by atoms with Gasteiger partial charge in [0.05, 0.1) is 19.6 Å². The van der Waals surface area contributed by atoms with Crippen molar-refractivity contribution in [3.63, 3.8) is 0 Å². The number of likely N-dealkylation sites (tertiary alicyclic amines) is 1. The van der Waals surface area contributed by atoms with Gasteiger partial charge in [-0.3, -0.25) is 0 Å². The molecule has 4 nitrogen and oxygen atoms in total. The van der Waals surface area contributed by atoms with Crippen molar-refractivity contribution in [2.24, 2.45) is 5.92 Å². The molecule has 0 atom stereocenters. The van der Waals surface area contributed by atoms with Gasteiger partial charge in [0, 0.05) is 0 Å². The minimum atomic E-state index is -6.09. The van der Waals surface area contributed by atoms with Crippen LogP contribution < -0.4 is 4.90 Å². The number of halogens is 3. The summed E-state index contributed by atoms with van der Waals surface area (Å²) < 4.78 is 58.9. The van der Waals surface area contributed by atoms with Crippen LogP contribution >= 0.6 is 0 Å². The van der Waals surface area contributed by atoms with Gasteiger partial charge in [0.2, 0.25) is 0 Å². The van der Waals surface area contributed by atoms with Gasteiger partial charge < -0.3 is 9.45 Å². The highest BCUT2D eigenvalue weighted by molar-refractivity contribution is 7.86. The third-order valence-corrected chi connectivity index (χ3v) is 4.51. The summed E-state index contributed by atoms with van der Waals surface area (Å²) in [6.07, 6.45) is 10.1. The maximum absolute atomic E-state index is 10.7. The van der Waals surface area contributed by atoms with Crippen LogP contribution in [0, 0.1) is 5.92 Å². The van der Waals surface area contributed by atoms with Gasteiger partial charge in [-0.05, 0) is 25.2 Å². The van der Waals surface area contributed by atoms with Crippen LogP contribution in [0.1, 0.15) is 58.8 Å². The van der Waals surface area contributed by atoms with E-state index in [1.807, 2.05) is 4.90 Å². The Balaban J connectivity index is 0.000000472. The summed E-state index contributed by atoms with van der Waals surface area (Å²) in [5.41, 5.74) is -5.65. The Morgan fingerprint density at radius 3 is 1.91 bits per heavy atom. The topological polar surface area (TPSA) is 61.6 Å². The van der Waals surface area contributed by atoms with Crippen LogP contribution in [0.25, 0.3) is 0 Å². The number of hydrogen-bond acceptors (Lipinski definition) is 3. The zero-order valence-corrected chi connectivity index (χ0v) is 14.2. The van der Waals surface area contributed by atoms with E-state index in [2.05, 4.69) is 13.8 Å². The van der Waals surface area contributed by atoms with E-state index in [4.69, 9.17) is 13.0 Å². The summed E-state index contributed by atoms with van der Waals surface area (Å²) in [5, 5.41) is 0. The molecule has 0 unspecified atom stereocenters. The second-order valence-electron chi connectivity index (χ2n) is 5.84. The van der Waals surface area contributed by atoms with Gasteiger partial charge in [-0.15, -0.1) is 0 Å². The minimum absolute atomic E-state index is 1.07. The lowest BCUT2D eigenvalue weighted by Crippen LogP contribution is -3.13. The molecule has 0 bridgehead atoms. The highest BCUT2D eigenvalue weighted by Crippen LogP contribution is 2.20. The molecule has 0 radical (unpaired) electrons. The van der Waals surface area contributed by atoms with E-state index in [9.17, 15) is 13.2 Å². The third-order valence-electron chi connectivity index (χ3n) is 3.95. The van der Waals surface area contributed by atoms with Crippen molar-refractivity contribution >= 4 is 10.1 Å². The number of unbranched alkanes of at least 4 members (excludes halogenated alkanes) is 2. The lowest BCUT2D eigenvalue weighted by molar-refractivity contribution is -0.906. The lowest BCUT2D eigenvalue weighted by atomic mass is 9.91. The molecule has 1 heterocycles. The fourth-order valence-corrected chi connectivity index (χ4v) is 2.54. The predicted molar refractivity (Wildman–Crippen MR) is 78.5 cm³/mol. The molecule has 0 spiro atoms. The first-order valence-corrected chi connectivity index (χ1v) is 9.38. The van der Waals surface area contributed by atoms with Crippen LogP contribution in [-0.2, 0) is 10.1 Å². The molecule has 1 N–H and O–H groups in total. The Kier molecular flexibility index (Phi) is 10.3. The Morgan fingerprint density at radius 1 is 1.09 bits per heavy atom. The van der Waals surface area contributed by atoms with E-state index in [-0.39, 0.29) is 0 Å². The number of quaternary nitrogens is 1.